The number of rotatable bonds is 8. The molecule has 1 atom stereocenters. The van der Waals surface area contributed by atoms with Gasteiger partial charge in [-0.3, -0.25) is 19.2 Å². The van der Waals surface area contributed by atoms with Crippen LogP contribution in [0.3, 0.4) is 0 Å². The van der Waals surface area contributed by atoms with Gasteiger partial charge in [-0.25, -0.2) is 4.90 Å². The van der Waals surface area contributed by atoms with Crippen LogP contribution in [0.2, 0.25) is 0 Å². The number of thioether (sulfide) groups is 1. The van der Waals surface area contributed by atoms with E-state index in [1.54, 1.807) is 60.7 Å². The fourth-order valence-corrected chi connectivity index (χ4v) is 5.70. The van der Waals surface area contributed by atoms with Gasteiger partial charge in [0.1, 0.15) is 5.70 Å². The third-order valence-electron chi connectivity index (χ3n) is 6.20. The molecule has 41 heavy (non-hydrogen) atoms. The molecule has 1 aliphatic rings. The number of halogens is 1. The Bertz CT molecular complexity index is 1630. The minimum absolute atomic E-state index is 0.0767. The molecule has 1 fully saturated rings. The standard InChI is InChI=1S/C32H24IN3O4S/c33-23-14-16-25(17-15-23)36-29(37)20-28(32(36)40)41-26-13-7-12-24(19-26)34-31(39)27(18-21-8-3-1-4-9-21)35-30(38)22-10-5-2-6-11-22/h1-19,28H,20H2,(H,34,39)(H,35,38)/b27-18+/t28-/m1/s1. The van der Waals surface area contributed by atoms with E-state index >= 15 is 0 Å². The van der Waals surface area contributed by atoms with Gasteiger partial charge in [0.05, 0.1) is 10.9 Å². The lowest BCUT2D eigenvalue weighted by atomic mass is 10.1. The number of benzene rings is 4. The number of hydrogen-bond donors (Lipinski definition) is 2. The lowest BCUT2D eigenvalue weighted by Crippen LogP contribution is -2.31. The summed E-state index contributed by atoms with van der Waals surface area (Å²) in [5, 5.41) is 5.00. The van der Waals surface area contributed by atoms with Crippen molar-refractivity contribution in [3.8, 4) is 0 Å². The fourth-order valence-electron chi connectivity index (χ4n) is 4.23. The number of amides is 4. The molecule has 4 aromatic rings. The van der Waals surface area contributed by atoms with Crippen molar-refractivity contribution in [2.75, 3.05) is 10.2 Å². The van der Waals surface area contributed by atoms with Gasteiger partial charge in [0.15, 0.2) is 0 Å². The monoisotopic (exact) mass is 673 g/mol. The van der Waals surface area contributed by atoms with Crippen molar-refractivity contribution in [2.45, 2.75) is 16.6 Å². The average molecular weight is 674 g/mol. The Hall–Kier alpha value is -4.22. The van der Waals surface area contributed by atoms with Crippen molar-refractivity contribution in [3.05, 3.63) is 130 Å². The quantitative estimate of drug-likeness (QED) is 0.134. The lowest BCUT2D eigenvalue weighted by Gasteiger charge is -2.15. The molecule has 0 spiro atoms. The molecule has 0 unspecified atom stereocenters. The molecule has 0 aromatic heterocycles. The predicted octanol–water partition coefficient (Wildman–Crippen LogP) is 6.13. The first kappa shape index (κ1) is 28.3. The van der Waals surface area contributed by atoms with Crippen LogP contribution in [-0.2, 0) is 14.4 Å². The molecule has 0 bridgehead atoms. The van der Waals surface area contributed by atoms with E-state index in [0.717, 1.165) is 14.0 Å². The van der Waals surface area contributed by atoms with E-state index in [2.05, 4.69) is 33.2 Å². The molecule has 1 heterocycles. The molecule has 5 rings (SSSR count). The minimum Gasteiger partial charge on any atom is -0.321 e. The maximum atomic E-state index is 13.4. The van der Waals surface area contributed by atoms with Gasteiger partial charge in [0, 0.05) is 26.1 Å². The Labute approximate surface area is 255 Å². The lowest BCUT2D eigenvalue weighted by molar-refractivity contribution is -0.121. The number of hydrogen-bond acceptors (Lipinski definition) is 5. The summed E-state index contributed by atoms with van der Waals surface area (Å²) in [4.78, 5) is 54.0. The van der Waals surface area contributed by atoms with Crippen molar-refractivity contribution >= 4 is 75.4 Å². The summed E-state index contributed by atoms with van der Waals surface area (Å²) in [7, 11) is 0. The maximum Gasteiger partial charge on any atom is 0.272 e. The Balaban J connectivity index is 1.31. The topological polar surface area (TPSA) is 95.6 Å². The largest absolute Gasteiger partial charge is 0.321 e. The van der Waals surface area contributed by atoms with Crippen LogP contribution >= 0.6 is 34.4 Å². The van der Waals surface area contributed by atoms with Crippen LogP contribution in [0.15, 0.2) is 120 Å². The highest BCUT2D eigenvalue weighted by molar-refractivity contribution is 14.1. The molecule has 0 radical (unpaired) electrons. The van der Waals surface area contributed by atoms with E-state index < -0.39 is 17.1 Å². The Kier molecular flexibility index (Phi) is 8.95. The fraction of sp³-hybridized carbons (Fsp3) is 0.0625. The van der Waals surface area contributed by atoms with Crippen LogP contribution in [0, 0.1) is 3.57 Å². The van der Waals surface area contributed by atoms with Crippen molar-refractivity contribution in [3.63, 3.8) is 0 Å². The third-order valence-corrected chi connectivity index (χ3v) is 8.10. The van der Waals surface area contributed by atoms with E-state index in [4.69, 9.17) is 0 Å². The molecule has 4 aromatic carbocycles. The Morgan fingerprint density at radius 1 is 0.854 bits per heavy atom. The van der Waals surface area contributed by atoms with Gasteiger partial charge >= 0.3 is 0 Å². The van der Waals surface area contributed by atoms with Crippen LogP contribution in [0.4, 0.5) is 11.4 Å². The number of nitrogens with zero attached hydrogens (tertiary/aromatic N) is 1. The normalized spacial score (nSPS) is 15.1. The molecule has 9 heteroatoms. The summed E-state index contributed by atoms with van der Waals surface area (Å²) in [6, 6.07) is 32.1. The van der Waals surface area contributed by atoms with E-state index in [0.29, 0.717) is 16.9 Å². The number of nitrogens with one attached hydrogen (secondary N) is 2. The maximum absolute atomic E-state index is 13.4. The highest BCUT2D eigenvalue weighted by atomic mass is 127. The molecule has 2 N–H and O–H groups in total. The minimum atomic E-state index is -0.577. The predicted molar refractivity (Wildman–Crippen MR) is 169 cm³/mol. The van der Waals surface area contributed by atoms with Gasteiger partial charge in [0.25, 0.3) is 11.8 Å². The van der Waals surface area contributed by atoms with E-state index in [-0.39, 0.29) is 23.9 Å². The van der Waals surface area contributed by atoms with Gasteiger partial charge in [-0.2, -0.15) is 0 Å². The van der Waals surface area contributed by atoms with E-state index in [1.165, 1.54) is 16.7 Å². The number of carbonyl (C=O) groups is 4. The SMILES string of the molecule is O=C(Nc1cccc(S[C@@H]2CC(=O)N(c3ccc(I)cc3)C2=O)c1)/C(=C\c1ccccc1)NC(=O)c1ccccc1. The molecule has 0 aliphatic carbocycles. The molecule has 204 valence electrons. The van der Waals surface area contributed by atoms with Crippen LogP contribution in [-0.4, -0.2) is 28.9 Å². The zero-order valence-electron chi connectivity index (χ0n) is 21.6. The van der Waals surface area contributed by atoms with Gasteiger partial charge < -0.3 is 10.6 Å². The summed E-state index contributed by atoms with van der Waals surface area (Å²) in [6.07, 6.45) is 1.69. The number of anilines is 2. The van der Waals surface area contributed by atoms with Gasteiger partial charge in [-0.05, 0) is 88.8 Å². The van der Waals surface area contributed by atoms with Crippen molar-refractivity contribution in [1.29, 1.82) is 0 Å². The van der Waals surface area contributed by atoms with Crippen molar-refractivity contribution in [2.24, 2.45) is 0 Å². The van der Waals surface area contributed by atoms with Crippen molar-refractivity contribution < 1.29 is 19.2 Å². The van der Waals surface area contributed by atoms with Gasteiger partial charge in [-0.15, -0.1) is 11.8 Å². The second kappa shape index (κ2) is 13.0. The van der Waals surface area contributed by atoms with Crippen LogP contribution in [0.1, 0.15) is 22.3 Å². The summed E-state index contributed by atoms with van der Waals surface area (Å²) in [5.74, 6) is -1.43. The number of imide groups is 1. The Morgan fingerprint density at radius 2 is 1.54 bits per heavy atom. The smallest absolute Gasteiger partial charge is 0.272 e. The van der Waals surface area contributed by atoms with Crippen molar-refractivity contribution in [1.82, 2.24) is 5.32 Å². The molecule has 4 amide bonds. The highest BCUT2D eigenvalue weighted by Gasteiger charge is 2.40. The molecule has 0 saturated carbocycles. The molecule has 1 aliphatic heterocycles. The third kappa shape index (κ3) is 7.11. The van der Waals surface area contributed by atoms with Gasteiger partial charge in [0.2, 0.25) is 11.8 Å². The number of carbonyl (C=O) groups excluding carboxylic acids is 4. The summed E-state index contributed by atoms with van der Waals surface area (Å²) < 4.78 is 1.01. The van der Waals surface area contributed by atoms with Crippen LogP contribution < -0.4 is 15.5 Å². The molecule has 7 nitrogen and oxygen atoms in total. The summed E-state index contributed by atoms with van der Waals surface area (Å²) in [6.45, 7) is 0. The second-order valence-electron chi connectivity index (χ2n) is 9.13. The molecule has 1 saturated heterocycles. The van der Waals surface area contributed by atoms with Crippen LogP contribution in [0.25, 0.3) is 6.08 Å². The first-order chi connectivity index (χ1) is 19.9. The summed E-state index contributed by atoms with van der Waals surface area (Å²) >= 11 is 3.45. The van der Waals surface area contributed by atoms with Crippen LogP contribution in [0.5, 0.6) is 0 Å². The average Bonchev–Trinajstić information content (AvgIpc) is 3.26. The van der Waals surface area contributed by atoms with E-state index in [9.17, 15) is 19.2 Å². The first-order valence-corrected chi connectivity index (χ1v) is 14.7. The summed E-state index contributed by atoms with van der Waals surface area (Å²) in [5.41, 5.74) is 2.29. The highest BCUT2D eigenvalue weighted by Crippen LogP contribution is 2.35. The van der Waals surface area contributed by atoms with E-state index in [1.807, 2.05) is 54.6 Å². The second-order valence-corrected chi connectivity index (χ2v) is 11.6. The molecular weight excluding hydrogens is 649 g/mol. The first-order valence-electron chi connectivity index (χ1n) is 12.7. The van der Waals surface area contributed by atoms with Gasteiger partial charge in [-0.1, -0.05) is 54.6 Å². The zero-order chi connectivity index (χ0) is 28.8. The molecular formula is C32H24IN3O4S. The zero-order valence-corrected chi connectivity index (χ0v) is 24.6. The Morgan fingerprint density at radius 3 is 2.24 bits per heavy atom.